The minimum atomic E-state index is -0.393. The Morgan fingerprint density at radius 1 is 1.40 bits per heavy atom. The van der Waals surface area contributed by atoms with Crippen LogP contribution in [0.25, 0.3) is 21.7 Å². The molecule has 20 heavy (non-hydrogen) atoms. The van der Waals surface area contributed by atoms with Crippen molar-refractivity contribution in [2.45, 2.75) is 6.92 Å². The van der Waals surface area contributed by atoms with Crippen LogP contribution in [0, 0.1) is 12.7 Å². The second kappa shape index (κ2) is 4.88. The van der Waals surface area contributed by atoms with Crippen molar-refractivity contribution in [3.8, 4) is 21.7 Å². The normalized spacial score (nSPS) is 10.9. The summed E-state index contributed by atoms with van der Waals surface area (Å²) in [5, 5.41) is 8.14. The summed E-state index contributed by atoms with van der Waals surface area (Å²) in [6, 6.07) is 4.19. The van der Waals surface area contributed by atoms with Gasteiger partial charge in [-0.2, -0.15) is 5.10 Å². The number of halogens is 2. The Hall–Kier alpha value is -1.92. The smallest absolute Gasteiger partial charge is 0.153 e. The number of nitrogens with zero attached hydrogens (tertiary/aromatic N) is 2. The number of aryl methyl sites for hydroxylation is 1. The van der Waals surface area contributed by atoms with E-state index in [1.165, 1.54) is 23.5 Å². The van der Waals surface area contributed by atoms with Crippen LogP contribution in [0.15, 0.2) is 24.4 Å². The maximum Gasteiger partial charge on any atom is 0.153 e. The first-order valence-corrected chi connectivity index (χ1v) is 6.98. The maximum atomic E-state index is 13.2. The van der Waals surface area contributed by atoms with E-state index >= 15 is 0 Å². The van der Waals surface area contributed by atoms with Gasteiger partial charge in [-0.15, -0.1) is 11.3 Å². The van der Waals surface area contributed by atoms with Crippen LogP contribution in [0.3, 0.4) is 0 Å². The third-order valence-corrected chi connectivity index (χ3v) is 4.11. The minimum Gasteiger partial charge on any atom is -0.382 e. The molecule has 2 heterocycles. The number of nitrogens with two attached hydrogens (primary N) is 1. The molecule has 3 aromatic rings. The van der Waals surface area contributed by atoms with Crippen LogP contribution in [0.5, 0.6) is 0 Å². The lowest BCUT2D eigenvalue weighted by Gasteiger charge is -2.05. The zero-order valence-electron chi connectivity index (χ0n) is 10.4. The molecule has 1 aromatic carbocycles. The summed E-state index contributed by atoms with van der Waals surface area (Å²) < 4.78 is 13.2. The number of thiazole rings is 1. The Morgan fingerprint density at radius 2 is 2.20 bits per heavy atom. The molecule has 3 N–H and O–H groups in total. The maximum absolute atomic E-state index is 13.2. The number of aromatic nitrogens is 3. The molecule has 7 heteroatoms. The molecule has 4 nitrogen and oxygen atoms in total. The molecule has 0 unspecified atom stereocenters. The summed E-state index contributed by atoms with van der Waals surface area (Å²) in [6.45, 7) is 1.92. The van der Waals surface area contributed by atoms with Crippen molar-refractivity contribution in [3.63, 3.8) is 0 Å². The minimum absolute atomic E-state index is 0.292. The molecule has 3 rings (SSSR count). The molecular weight excluding hydrogens is 299 g/mol. The summed E-state index contributed by atoms with van der Waals surface area (Å²) in [4.78, 5) is 5.12. The van der Waals surface area contributed by atoms with Gasteiger partial charge in [0.15, 0.2) is 5.82 Å². The highest BCUT2D eigenvalue weighted by Gasteiger charge is 2.18. The Morgan fingerprint density at radius 3 is 2.85 bits per heavy atom. The molecule has 0 fully saturated rings. The fourth-order valence-corrected chi connectivity index (χ4v) is 3.02. The highest BCUT2D eigenvalue weighted by molar-refractivity contribution is 7.15. The molecule has 0 saturated heterocycles. The second-order valence-corrected chi connectivity index (χ2v) is 5.87. The van der Waals surface area contributed by atoms with Gasteiger partial charge >= 0.3 is 0 Å². The summed E-state index contributed by atoms with van der Waals surface area (Å²) >= 11 is 7.63. The molecule has 0 aliphatic heterocycles. The highest BCUT2D eigenvalue weighted by atomic mass is 35.5. The van der Waals surface area contributed by atoms with Crippen LogP contribution >= 0.6 is 22.9 Å². The van der Waals surface area contributed by atoms with E-state index < -0.39 is 5.82 Å². The van der Waals surface area contributed by atoms with E-state index in [1.807, 2.05) is 6.92 Å². The van der Waals surface area contributed by atoms with Gasteiger partial charge in [-0.05, 0) is 25.1 Å². The zero-order valence-corrected chi connectivity index (χ0v) is 12.0. The third kappa shape index (κ3) is 2.17. The quantitative estimate of drug-likeness (QED) is 0.755. The SMILES string of the molecule is Cc1ncc(-c2[nH]nc(N)c2-c2ccc(F)cc2Cl)s1. The molecule has 0 saturated carbocycles. The van der Waals surface area contributed by atoms with Crippen LogP contribution in [0.4, 0.5) is 10.2 Å². The van der Waals surface area contributed by atoms with Gasteiger partial charge < -0.3 is 5.73 Å². The van der Waals surface area contributed by atoms with Crippen molar-refractivity contribution in [2.24, 2.45) is 0 Å². The first-order chi connectivity index (χ1) is 9.56. The lowest BCUT2D eigenvalue weighted by atomic mass is 10.0. The van der Waals surface area contributed by atoms with Crippen molar-refractivity contribution < 1.29 is 4.39 Å². The molecule has 102 valence electrons. The summed E-state index contributed by atoms with van der Waals surface area (Å²) in [5.74, 6) is -0.0736. The Labute approximate surface area is 123 Å². The topological polar surface area (TPSA) is 67.6 Å². The van der Waals surface area contributed by atoms with Gasteiger partial charge in [-0.1, -0.05) is 11.6 Å². The average Bonchev–Trinajstić information content (AvgIpc) is 2.96. The summed E-state index contributed by atoms with van der Waals surface area (Å²) in [6.07, 6.45) is 1.74. The van der Waals surface area contributed by atoms with Gasteiger partial charge in [0.05, 0.1) is 26.2 Å². The Kier molecular flexibility index (Phi) is 3.19. The fraction of sp³-hybridized carbons (Fsp3) is 0.0769. The fourth-order valence-electron chi connectivity index (χ4n) is 1.98. The molecule has 0 aliphatic rings. The van der Waals surface area contributed by atoms with E-state index in [2.05, 4.69) is 15.2 Å². The van der Waals surface area contributed by atoms with Crippen LogP contribution < -0.4 is 5.73 Å². The number of aromatic amines is 1. The number of nitrogen functional groups attached to an aromatic ring is 1. The van der Waals surface area contributed by atoms with Crippen LogP contribution in [0.1, 0.15) is 5.01 Å². The standard InChI is InChI=1S/C13H10ClFN4S/c1-6-17-5-10(20-6)12-11(13(16)19-18-12)8-3-2-7(15)4-9(8)14/h2-5H,1H3,(H3,16,18,19). The number of rotatable bonds is 2. The van der Waals surface area contributed by atoms with E-state index in [4.69, 9.17) is 17.3 Å². The summed E-state index contributed by atoms with van der Waals surface area (Å²) in [5.41, 5.74) is 7.96. The van der Waals surface area contributed by atoms with Crippen molar-refractivity contribution >= 4 is 28.8 Å². The van der Waals surface area contributed by atoms with Crippen LogP contribution in [-0.2, 0) is 0 Å². The predicted molar refractivity (Wildman–Crippen MR) is 79.2 cm³/mol. The number of hydrogen-bond acceptors (Lipinski definition) is 4. The first kappa shape index (κ1) is 13.1. The monoisotopic (exact) mass is 308 g/mol. The highest BCUT2D eigenvalue weighted by Crippen LogP contribution is 2.40. The van der Waals surface area contributed by atoms with Gasteiger partial charge in [0.2, 0.25) is 0 Å². The summed E-state index contributed by atoms with van der Waals surface area (Å²) in [7, 11) is 0. The molecule has 0 spiro atoms. The van der Waals surface area contributed by atoms with Gasteiger partial charge in [-0.25, -0.2) is 9.37 Å². The van der Waals surface area contributed by atoms with E-state index in [0.29, 0.717) is 22.0 Å². The molecule has 0 atom stereocenters. The second-order valence-electron chi connectivity index (χ2n) is 4.23. The Balaban J connectivity index is 2.21. The average molecular weight is 309 g/mol. The largest absolute Gasteiger partial charge is 0.382 e. The number of benzene rings is 1. The molecule has 0 amide bonds. The number of nitrogens with one attached hydrogen (secondary N) is 1. The lowest BCUT2D eigenvalue weighted by molar-refractivity contribution is 0.628. The number of hydrogen-bond donors (Lipinski definition) is 2. The van der Waals surface area contributed by atoms with Crippen LogP contribution in [-0.4, -0.2) is 15.2 Å². The lowest BCUT2D eigenvalue weighted by Crippen LogP contribution is -1.90. The van der Waals surface area contributed by atoms with Gasteiger partial charge in [-0.3, -0.25) is 5.10 Å². The van der Waals surface area contributed by atoms with Crippen molar-refractivity contribution in [3.05, 3.63) is 40.2 Å². The molecule has 2 aromatic heterocycles. The van der Waals surface area contributed by atoms with E-state index in [1.54, 1.807) is 12.3 Å². The number of H-pyrrole nitrogens is 1. The number of anilines is 1. The van der Waals surface area contributed by atoms with E-state index in [-0.39, 0.29) is 0 Å². The molecule has 0 bridgehead atoms. The van der Waals surface area contributed by atoms with E-state index in [9.17, 15) is 4.39 Å². The van der Waals surface area contributed by atoms with Crippen molar-refractivity contribution in [2.75, 3.05) is 5.73 Å². The molecular formula is C13H10ClFN4S. The van der Waals surface area contributed by atoms with Gasteiger partial charge in [0.25, 0.3) is 0 Å². The molecule has 0 radical (unpaired) electrons. The van der Waals surface area contributed by atoms with Crippen LogP contribution in [0.2, 0.25) is 5.02 Å². The predicted octanol–water partition coefficient (Wildman–Crippen LogP) is 3.88. The van der Waals surface area contributed by atoms with Gasteiger partial charge in [0, 0.05) is 11.8 Å². The zero-order chi connectivity index (χ0) is 14.3. The van der Waals surface area contributed by atoms with E-state index in [0.717, 1.165) is 15.6 Å². The third-order valence-electron chi connectivity index (χ3n) is 2.86. The first-order valence-electron chi connectivity index (χ1n) is 5.78. The van der Waals surface area contributed by atoms with Crippen molar-refractivity contribution in [1.29, 1.82) is 0 Å². The van der Waals surface area contributed by atoms with Crippen molar-refractivity contribution in [1.82, 2.24) is 15.2 Å². The molecule has 0 aliphatic carbocycles. The Bertz CT molecular complexity index is 781. The van der Waals surface area contributed by atoms with Gasteiger partial charge in [0.1, 0.15) is 5.82 Å².